The Morgan fingerprint density at radius 3 is 1.96 bits per heavy atom. The third kappa shape index (κ3) is 3.76. The van der Waals surface area contributed by atoms with Gasteiger partial charge in [-0.15, -0.1) is 0 Å². The van der Waals surface area contributed by atoms with Crippen molar-refractivity contribution in [3.63, 3.8) is 0 Å². The molecule has 0 N–H and O–H groups in total. The Hall–Kier alpha value is -3.09. The van der Waals surface area contributed by atoms with Gasteiger partial charge in [-0.05, 0) is 24.0 Å². The van der Waals surface area contributed by atoms with E-state index in [4.69, 9.17) is 0 Å². The van der Waals surface area contributed by atoms with Crippen LogP contribution in [-0.4, -0.2) is 16.1 Å². The molecule has 0 aromatic heterocycles. The van der Waals surface area contributed by atoms with E-state index in [0.29, 0.717) is 0 Å². The van der Waals surface area contributed by atoms with Crippen LogP contribution in [0.3, 0.4) is 0 Å². The van der Waals surface area contributed by atoms with Gasteiger partial charge < -0.3 is 4.79 Å². The number of hydrogen-bond acceptors (Lipinski definition) is 5. The molecular weight excluding hydrogens is 300 g/mol. The summed E-state index contributed by atoms with van der Waals surface area (Å²) in [5.41, 5.74) is 0.252. The zero-order chi connectivity index (χ0) is 16.8. The standard InChI is InChI=1S/C16H14N2O5/c19-10-9-13(12-5-2-1-3-6-12)11-14-15(17(20)21)7-4-8-16(14)18(22)23/h1-8,10,13H,9,11H2/t13-/m1/s1. The number of rotatable bonds is 7. The lowest BCUT2D eigenvalue weighted by Crippen LogP contribution is -2.08. The maximum absolute atomic E-state index is 11.2. The van der Waals surface area contributed by atoms with E-state index in [-0.39, 0.29) is 35.7 Å². The van der Waals surface area contributed by atoms with Crippen molar-refractivity contribution in [3.05, 3.63) is 79.9 Å². The van der Waals surface area contributed by atoms with Crippen LogP contribution in [-0.2, 0) is 11.2 Å². The van der Waals surface area contributed by atoms with E-state index in [1.165, 1.54) is 18.2 Å². The molecule has 0 heterocycles. The Bertz CT molecular complexity index is 698. The molecule has 2 aromatic carbocycles. The van der Waals surface area contributed by atoms with E-state index in [9.17, 15) is 25.0 Å². The van der Waals surface area contributed by atoms with Gasteiger partial charge in [-0.25, -0.2) is 0 Å². The molecule has 118 valence electrons. The smallest absolute Gasteiger partial charge is 0.279 e. The van der Waals surface area contributed by atoms with Crippen LogP contribution in [0.1, 0.15) is 23.5 Å². The molecule has 23 heavy (non-hydrogen) atoms. The first kappa shape index (κ1) is 16.3. The Morgan fingerprint density at radius 2 is 1.48 bits per heavy atom. The second-order valence-corrected chi connectivity index (χ2v) is 5.00. The van der Waals surface area contributed by atoms with Gasteiger partial charge in [-0.1, -0.05) is 30.3 Å². The second-order valence-electron chi connectivity index (χ2n) is 5.00. The topological polar surface area (TPSA) is 103 Å². The van der Waals surface area contributed by atoms with Crippen LogP contribution in [0.4, 0.5) is 11.4 Å². The third-order valence-corrected chi connectivity index (χ3v) is 3.62. The molecule has 0 aliphatic rings. The summed E-state index contributed by atoms with van der Waals surface area (Å²) in [6.07, 6.45) is 0.904. The average Bonchev–Trinajstić information content (AvgIpc) is 2.55. The summed E-state index contributed by atoms with van der Waals surface area (Å²) in [4.78, 5) is 32.1. The van der Waals surface area contributed by atoms with Crippen molar-refractivity contribution >= 4 is 17.7 Å². The Kier molecular flexibility index (Phi) is 5.14. The number of hydrogen-bond donors (Lipinski definition) is 0. The maximum atomic E-state index is 11.2. The molecule has 0 radical (unpaired) electrons. The Labute approximate surface area is 131 Å². The Morgan fingerprint density at radius 1 is 0.913 bits per heavy atom. The monoisotopic (exact) mass is 314 g/mol. The maximum Gasteiger partial charge on any atom is 0.279 e. The predicted molar refractivity (Wildman–Crippen MR) is 83.3 cm³/mol. The summed E-state index contributed by atoms with van der Waals surface area (Å²) < 4.78 is 0. The molecule has 0 aliphatic carbocycles. The van der Waals surface area contributed by atoms with Crippen molar-refractivity contribution in [3.8, 4) is 0 Å². The molecule has 0 saturated carbocycles. The van der Waals surface area contributed by atoms with Gasteiger partial charge in [0.2, 0.25) is 0 Å². The van der Waals surface area contributed by atoms with Crippen molar-refractivity contribution in [2.75, 3.05) is 0 Å². The van der Waals surface area contributed by atoms with E-state index in [1.807, 2.05) is 6.07 Å². The molecule has 0 fully saturated rings. The molecule has 7 heteroatoms. The summed E-state index contributed by atoms with van der Waals surface area (Å²) in [7, 11) is 0. The predicted octanol–water partition coefficient (Wildman–Crippen LogP) is 3.42. The number of benzene rings is 2. The van der Waals surface area contributed by atoms with Crippen LogP contribution in [0.15, 0.2) is 48.5 Å². The minimum atomic E-state index is -0.634. The Balaban J connectivity index is 2.49. The lowest BCUT2D eigenvalue weighted by molar-refractivity contribution is -0.395. The molecular formula is C16H14N2O5. The largest absolute Gasteiger partial charge is 0.303 e. The number of carbonyl (C=O) groups is 1. The molecule has 0 spiro atoms. The molecule has 0 aliphatic heterocycles. The van der Waals surface area contributed by atoms with Crippen LogP contribution in [0, 0.1) is 20.2 Å². The van der Waals surface area contributed by atoms with Gasteiger partial charge in [0.05, 0.1) is 9.85 Å². The highest BCUT2D eigenvalue weighted by Crippen LogP contribution is 2.34. The molecule has 2 rings (SSSR count). The highest BCUT2D eigenvalue weighted by molar-refractivity contribution is 5.56. The van der Waals surface area contributed by atoms with Crippen molar-refractivity contribution in [1.29, 1.82) is 0 Å². The highest BCUT2D eigenvalue weighted by Gasteiger charge is 2.27. The number of carbonyl (C=O) groups excluding carboxylic acids is 1. The van der Waals surface area contributed by atoms with E-state index in [0.717, 1.165) is 11.8 Å². The first-order valence-electron chi connectivity index (χ1n) is 6.93. The summed E-state index contributed by atoms with van der Waals surface area (Å²) in [5.74, 6) is -0.353. The quantitative estimate of drug-likeness (QED) is 0.442. The van der Waals surface area contributed by atoms with Gasteiger partial charge in [-0.3, -0.25) is 20.2 Å². The minimum absolute atomic E-state index is 0.0400. The van der Waals surface area contributed by atoms with Crippen LogP contribution in [0.5, 0.6) is 0 Å². The molecule has 0 saturated heterocycles. The summed E-state index contributed by atoms with van der Waals surface area (Å²) >= 11 is 0. The van der Waals surface area contributed by atoms with Crippen LogP contribution in [0.2, 0.25) is 0 Å². The summed E-state index contributed by atoms with van der Waals surface area (Å²) in [6.45, 7) is 0. The van der Waals surface area contributed by atoms with Gasteiger partial charge in [-0.2, -0.15) is 0 Å². The number of nitrogens with zero attached hydrogens (tertiary/aromatic N) is 2. The van der Waals surface area contributed by atoms with Crippen LogP contribution in [0.25, 0.3) is 0 Å². The average molecular weight is 314 g/mol. The fourth-order valence-corrected chi connectivity index (χ4v) is 2.54. The van der Waals surface area contributed by atoms with E-state index in [1.54, 1.807) is 24.3 Å². The van der Waals surface area contributed by atoms with Gasteiger partial charge in [0, 0.05) is 18.6 Å². The lowest BCUT2D eigenvalue weighted by Gasteiger charge is -2.15. The van der Waals surface area contributed by atoms with Gasteiger partial charge >= 0.3 is 0 Å². The fraction of sp³-hybridized carbons (Fsp3) is 0.188. The molecule has 1 atom stereocenters. The van der Waals surface area contributed by atoms with E-state index in [2.05, 4.69) is 0 Å². The second kappa shape index (κ2) is 7.26. The van der Waals surface area contributed by atoms with E-state index < -0.39 is 9.85 Å². The fourth-order valence-electron chi connectivity index (χ4n) is 2.54. The molecule has 0 amide bonds. The number of aldehydes is 1. The summed E-state index contributed by atoms with van der Waals surface area (Å²) in [5, 5.41) is 22.4. The SMILES string of the molecule is O=CC[C@H](Cc1c([N+](=O)[O-])cccc1[N+](=O)[O-])c1ccccc1. The molecule has 0 unspecified atom stereocenters. The minimum Gasteiger partial charge on any atom is -0.303 e. The lowest BCUT2D eigenvalue weighted by atomic mass is 9.88. The third-order valence-electron chi connectivity index (χ3n) is 3.62. The highest BCUT2D eigenvalue weighted by atomic mass is 16.6. The van der Waals surface area contributed by atoms with Crippen LogP contribution >= 0.6 is 0 Å². The molecule has 7 nitrogen and oxygen atoms in total. The van der Waals surface area contributed by atoms with Gasteiger partial charge in [0.25, 0.3) is 11.4 Å². The first-order valence-corrected chi connectivity index (χ1v) is 6.93. The van der Waals surface area contributed by atoms with Crippen molar-refractivity contribution < 1.29 is 14.6 Å². The number of nitro groups is 2. The van der Waals surface area contributed by atoms with Gasteiger partial charge in [0.15, 0.2) is 0 Å². The van der Waals surface area contributed by atoms with Crippen molar-refractivity contribution in [1.82, 2.24) is 0 Å². The van der Waals surface area contributed by atoms with Gasteiger partial charge in [0.1, 0.15) is 11.8 Å². The van der Waals surface area contributed by atoms with Crippen molar-refractivity contribution in [2.45, 2.75) is 18.8 Å². The van der Waals surface area contributed by atoms with Crippen molar-refractivity contribution in [2.24, 2.45) is 0 Å². The number of nitro benzene ring substituents is 2. The molecule has 2 aromatic rings. The first-order chi connectivity index (χ1) is 11.0. The molecule has 0 bridgehead atoms. The van der Waals surface area contributed by atoms with E-state index >= 15 is 0 Å². The summed E-state index contributed by atoms with van der Waals surface area (Å²) in [6, 6.07) is 12.8. The zero-order valence-corrected chi connectivity index (χ0v) is 12.1. The zero-order valence-electron chi connectivity index (χ0n) is 12.1. The normalized spacial score (nSPS) is 11.7. The van der Waals surface area contributed by atoms with Crippen LogP contribution < -0.4 is 0 Å².